The molecule has 2 atom stereocenters. The molecule has 1 aromatic rings. The standard InChI is InChI=1S/C24H41Cl2NO5Si/c1-23(2,3)31-22(30)27(12-9-13-28)16-18(29)15-21(32-33(7,8)24(4,5)6)17-10-11-19(25)20(26)14-17/h10-11,14,18,21,28-29H,9,12-13,15-16H2,1-8H3. The molecule has 0 bridgehead atoms. The van der Waals surface area contributed by atoms with Crippen LogP contribution < -0.4 is 0 Å². The lowest BCUT2D eigenvalue weighted by Gasteiger charge is -2.40. The Morgan fingerprint density at radius 2 is 1.73 bits per heavy atom. The van der Waals surface area contributed by atoms with Crippen molar-refractivity contribution in [1.29, 1.82) is 0 Å². The van der Waals surface area contributed by atoms with Gasteiger partial charge in [0, 0.05) is 19.6 Å². The summed E-state index contributed by atoms with van der Waals surface area (Å²) in [5.41, 5.74) is 0.167. The van der Waals surface area contributed by atoms with Gasteiger partial charge in [-0.1, -0.05) is 50.0 Å². The monoisotopic (exact) mass is 521 g/mol. The Kier molecular flexibility index (Phi) is 11.2. The van der Waals surface area contributed by atoms with E-state index >= 15 is 0 Å². The maximum Gasteiger partial charge on any atom is 0.410 e. The van der Waals surface area contributed by atoms with Gasteiger partial charge in [0.1, 0.15) is 5.60 Å². The second-order valence-corrected chi connectivity index (χ2v) is 16.5. The predicted octanol–water partition coefficient (Wildman–Crippen LogP) is 6.43. The number of amides is 1. The van der Waals surface area contributed by atoms with Crippen LogP contribution in [0, 0.1) is 0 Å². The molecule has 2 N–H and O–H groups in total. The lowest BCUT2D eigenvalue weighted by Crippen LogP contribution is -2.44. The van der Waals surface area contributed by atoms with Crippen molar-refractivity contribution in [2.75, 3.05) is 19.7 Å². The zero-order valence-corrected chi connectivity index (χ0v) is 23.8. The molecule has 0 radical (unpaired) electrons. The van der Waals surface area contributed by atoms with Gasteiger partial charge in [0.15, 0.2) is 8.32 Å². The number of aliphatic hydroxyl groups is 2. The van der Waals surface area contributed by atoms with Gasteiger partial charge in [0.25, 0.3) is 0 Å². The maximum absolute atomic E-state index is 12.7. The molecule has 1 aromatic carbocycles. The number of hydrogen-bond acceptors (Lipinski definition) is 5. The van der Waals surface area contributed by atoms with Gasteiger partial charge >= 0.3 is 6.09 Å². The molecule has 1 rings (SSSR count). The second kappa shape index (κ2) is 12.2. The van der Waals surface area contributed by atoms with E-state index in [-0.39, 0.29) is 31.2 Å². The smallest absolute Gasteiger partial charge is 0.410 e. The maximum atomic E-state index is 12.7. The van der Waals surface area contributed by atoms with Gasteiger partial charge in [-0.15, -0.1) is 0 Å². The lowest BCUT2D eigenvalue weighted by atomic mass is 10.0. The van der Waals surface area contributed by atoms with E-state index < -0.39 is 32.2 Å². The fourth-order valence-electron chi connectivity index (χ4n) is 2.92. The molecule has 0 saturated heterocycles. The molecule has 0 saturated carbocycles. The van der Waals surface area contributed by atoms with E-state index in [9.17, 15) is 15.0 Å². The summed E-state index contributed by atoms with van der Waals surface area (Å²) in [5, 5.41) is 21.1. The first-order chi connectivity index (χ1) is 15.0. The summed E-state index contributed by atoms with van der Waals surface area (Å²) >= 11 is 12.4. The van der Waals surface area contributed by atoms with Crippen LogP contribution in [-0.2, 0) is 9.16 Å². The molecule has 0 aliphatic heterocycles. The van der Waals surface area contributed by atoms with Crippen molar-refractivity contribution < 1.29 is 24.2 Å². The minimum Gasteiger partial charge on any atom is -0.444 e. The van der Waals surface area contributed by atoms with E-state index in [0.29, 0.717) is 16.5 Å². The Balaban J connectivity index is 3.12. The molecule has 0 heterocycles. The minimum atomic E-state index is -2.19. The van der Waals surface area contributed by atoms with Crippen molar-refractivity contribution in [3.05, 3.63) is 33.8 Å². The number of carbonyl (C=O) groups is 1. The van der Waals surface area contributed by atoms with Crippen LogP contribution in [0.5, 0.6) is 0 Å². The predicted molar refractivity (Wildman–Crippen MR) is 138 cm³/mol. The average Bonchev–Trinajstić information content (AvgIpc) is 2.64. The van der Waals surface area contributed by atoms with Crippen LogP contribution in [0.3, 0.4) is 0 Å². The van der Waals surface area contributed by atoms with Crippen LogP contribution in [0.4, 0.5) is 4.79 Å². The van der Waals surface area contributed by atoms with Gasteiger partial charge in [0.05, 0.1) is 28.8 Å². The molecule has 33 heavy (non-hydrogen) atoms. The van der Waals surface area contributed by atoms with Crippen molar-refractivity contribution in [2.45, 2.75) is 90.3 Å². The average molecular weight is 523 g/mol. The van der Waals surface area contributed by atoms with Crippen LogP contribution >= 0.6 is 23.2 Å². The Hall–Kier alpha value is -0.833. The highest BCUT2D eigenvalue weighted by molar-refractivity contribution is 6.74. The van der Waals surface area contributed by atoms with Crippen LogP contribution in [0.25, 0.3) is 0 Å². The number of rotatable bonds is 10. The summed E-state index contributed by atoms with van der Waals surface area (Å²) in [7, 11) is -2.19. The highest BCUT2D eigenvalue weighted by Gasteiger charge is 2.40. The van der Waals surface area contributed by atoms with E-state index in [0.717, 1.165) is 5.56 Å². The summed E-state index contributed by atoms with van der Waals surface area (Å²) in [4.78, 5) is 14.1. The number of benzene rings is 1. The molecule has 0 aliphatic carbocycles. The van der Waals surface area contributed by atoms with Crippen molar-refractivity contribution in [3.8, 4) is 0 Å². The Bertz CT molecular complexity index is 777. The number of nitrogens with zero attached hydrogens (tertiary/aromatic N) is 1. The van der Waals surface area contributed by atoms with Crippen LogP contribution in [0.2, 0.25) is 28.2 Å². The number of halogens is 2. The van der Waals surface area contributed by atoms with Crippen molar-refractivity contribution in [2.24, 2.45) is 0 Å². The number of ether oxygens (including phenoxy) is 1. The van der Waals surface area contributed by atoms with E-state index in [1.54, 1.807) is 32.9 Å². The van der Waals surface area contributed by atoms with Crippen LogP contribution in [-0.4, -0.2) is 60.9 Å². The van der Waals surface area contributed by atoms with Crippen LogP contribution in [0.1, 0.15) is 66.1 Å². The zero-order chi connectivity index (χ0) is 25.6. The SMILES string of the molecule is CC(C)(C)OC(=O)N(CCCO)CC(O)CC(O[Si](C)(C)C(C)(C)C)c1ccc(Cl)c(Cl)c1. The summed E-state index contributed by atoms with van der Waals surface area (Å²) in [6, 6.07) is 5.35. The normalized spacial score (nSPS) is 14.7. The van der Waals surface area contributed by atoms with E-state index in [4.69, 9.17) is 32.4 Å². The van der Waals surface area contributed by atoms with Gasteiger partial charge < -0.3 is 24.3 Å². The van der Waals surface area contributed by atoms with Crippen molar-refractivity contribution in [3.63, 3.8) is 0 Å². The molecule has 6 nitrogen and oxygen atoms in total. The fourth-order valence-corrected chi connectivity index (χ4v) is 4.52. The van der Waals surface area contributed by atoms with E-state index in [1.807, 2.05) is 6.07 Å². The fraction of sp³-hybridized carbons (Fsp3) is 0.708. The largest absolute Gasteiger partial charge is 0.444 e. The number of aliphatic hydroxyl groups excluding tert-OH is 2. The molecule has 2 unspecified atom stereocenters. The molecule has 0 aliphatic rings. The summed E-state index contributed by atoms with van der Waals surface area (Å²) in [5.74, 6) is 0. The molecule has 0 aromatic heterocycles. The first kappa shape index (κ1) is 30.2. The zero-order valence-electron chi connectivity index (χ0n) is 21.2. The number of carbonyl (C=O) groups excluding carboxylic acids is 1. The Morgan fingerprint density at radius 1 is 1.12 bits per heavy atom. The second-order valence-electron chi connectivity index (χ2n) is 10.9. The topological polar surface area (TPSA) is 79.2 Å². The highest BCUT2D eigenvalue weighted by atomic mass is 35.5. The highest BCUT2D eigenvalue weighted by Crippen LogP contribution is 2.41. The third-order valence-electron chi connectivity index (χ3n) is 5.71. The summed E-state index contributed by atoms with van der Waals surface area (Å²) in [6.45, 7) is 16.4. The van der Waals surface area contributed by atoms with E-state index in [1.165, 1.54) is 4.90 Å². The Labute approximate surface area is 210 Å². The molecular formula is C24H41Cl2NO5Si. The van der Waals surface area contributed by atoms with Gasteiger partial charge in [-0.05, 0) is 63.0 Å². The summed E-state index contributed by atoms with van der Waals surface area (Å²) < 4.78 is 12.1. The third-order valence-corrected chi connectivity index (χ3v) is 10.9. The van der Waals surface area contributed by atoms with Crippen molar-refractivity contribution in [1.82, 2.24) is 4.90 Å². The molecule has 190 valence electrons. The molecule has 1 amide bonds. The van der Waals surface area contributed by atoms with Crippen LogP contribution in [0.15, 0.2) is 18.2 Å². The van der Waals surface area contributed by atoms with Gasteiger partial charge in [-0.2, -0.15) is 0 Å². The first-order valence-corrected chi connectivity index (χ1v) is 15.0. The summed E-state index contributed by atoms with van der Waals surface area (Å²) in [6.07, 6.45) is -1.16. The quantitative estimate of drug-likeness (QED) is 0.347. The first-order valence-electron chi connectivity index (χ1n) is 11.4. The lowest BCUT2D eigenvalue weighted by molar-refractivity contribution is 0.00692. The van der Waals surface area contributed by atoms with Crippen molar-refractivity contribution >= 4 is 37.6 Å². The molecular weight excluding hydrogens is 481 g/mol. The molecule has 0 fully saturated rings. The van der Waals surface area contributed by atoms with Gasteiger partial charge in [-0.3, -0.25) is 0 Å². The third kappa shape index (κ3) is 10.1. The van der Waals surface area contributed by atoms with Gasteiger partial charge in [-0.25, -0.2) is 4.79 Å². The number of hydrogen-bond donors (Lipinski definition) is 2. The minimum absolute atomic E-state index is 0.0316. The Morgan fingerprint density at radius 3 is 2.21 bits per heavy atom. The molecule has 9 heteroatoms. The molecule has 0 spiro atoms. The van der Waals surface area contributed by atoms with Gasteiger partial charge in [0.2, 0.25) is 0 Å². The van der Waals surface area contributed by atoms with E-state index in [2.05, 4.69) is 33.9 Å².